The Bertz CT molecular complexity index is 609. The van der Waals surface area contributed by atoms with Gasteiger partial charge < -0.3 is 14.6 Å². The fourth-order valence-corrected chi connectivity index (χ4v) is 2.85. The number of carbonyl (C=O) groups excluding carboxylic acids is 1. The van der Waals surface area contributed by atoms with Gasteiger partial charge in [0, 0.05) is 23.9 Å². The van der Waals surface area contributed by atoms with Gasteiger partial charge in [0.1, 0.15) is 5.69 Å². The summed E-state index contributed by atoms with van der Waals surface area (Å²) in [6, 6.07) is 1.65. The lowest BCUT2D eigenvalue weighted by Crippen LogP contribution is -2.41. The summed E-state index contributed by atoms with van der Waals surface area (Å²) in [5.41, 5.74) is 0.598. The zero-order valence-electron chi connectivity index (χ0n) is 10.9. The maximum atomic E-state index is 12.3. The molecule has 0 bridgehead atoms. The van der Waals surface area contributed by atoms with Gasteiger partial charge in [-0.15, -0.1) is 5.10 Å². The average molecular weight is 340 g/mol. The van der Waals surface area contributed by atoms with Gasteiger partial charge in [-0.2, -0.15) is 0 Å². The van der Waals surface area contributed by atoms with Crippen molar-refractivity contribution in [2.75, 3.05) is 13.2 Å². The van der Waals surface area contributed by atoms with Crippen molar-refractivity contribution in [2.45, 2.75) is 12.1 Å². The minimum absolute atomic E-state index is 0.0230. The quantitative estimate of drug-likeness (QED) is 0.895. The van der Waals surface area contributed by atoms with Crippen molar-refractivity contribution in [2.24, 2.45) is 7.05 Å². The molecule has 1 fully saturated rings. The lowest BCUT2D eigenvalue weighted by Gasteiger charge is -2.18. The van der Waals surface area contributed by atoms with E-state index in [0.29, 0.717) is 18.9 Å². The van der Waals surface area contributed by atoms with Crippen molar-refractivity contribution < 1.29 is 9.53 Å². The summed E-state index contributed by atoms with van der Waals surface area (Å²) >= 11 is 3.36. The Balaban J connectivity index is 1.74. The summed E-state index contributed by atoms with van der Waals surface area (Å²) < 4.78 is 9.82. The molecule has 3 heterocycles. The molecule has 0 spiro atoms. The van der Waals surface area contributed by atoms with Gasteiger partial charge in [0.05, 0.1) is 31.5 Å². The molecule has 0 unspecified atom stereocenters. The van der Waals surface area contributed by atoms with Crippen LogP contribution in [0.3, 0.4) is 0 Å². The van der Waals surface area contributed by atoms with Crippen LogP contribution in [-0.4, -0.2) is 44.7 Å². The van der Waals surface area contributed by atoms with Crippen LogP contribution in [0.2, 0.25) is 0 Å². The standard InChI is InChI=1S/C12H14BrN5O2/c1-17-5-8(13)4-10(17)12(19)15-9-6-20-7-11(9)18-3-2-14-16-18/h2-5,9,11H,6-7H2,1H3,(H,15,19)/t9-,11+/m0/s1. The molecule has 106 valence electrons. The van der Waals surface area contributed by atoms with Crippen molar-refractivity contribution >= 4 is 21.8 Å². The number of hydrogen-bond acceptors (Lipinski definition) is 4. The van der Waals surface area contributed by atoms with E-state index in [9.17, 15) is 4.79 Å². The second kappa shape index (κ2) is 5.37. The van der Waals surface area contributed by atoms with Gasteiger partial charge in [-0.3, -0.25) is 4.79 Å². The van der Waals surface area contributed by atoms with Crippen LogP contribution in [0, 0.1) is 0 Å². The van der Waals surface area contributed by atoms with Crippen LogP contribution in [-0.2, 0) is 11.8 Å². The van der Waals surface area contributed by atoms with Gasteiger partial charge in [-0.05, 0) is 22.0 Å². The van der Waals surface area contributed by atoms with Gasteiger partial charge in [-0.1, -0.05) is 5.21 Å². The SMILES string of the molecule is Cn1cc(Br)cc1C(=O)N[C@H]1COC[C@H]1n1ccnn1. The molecule has 2 aromatic rings. The summed E-state index contributed by atoms with van der Waals surface area (Å²) in [4.78, 5) is 12.3. The molecule has 1 amide bonds. The zero-order chi connectivity index (χ0) is 14.1. The van der Waals surface area contributed by atoms with E-state index in [2.05, 4.69) is 31.6 Å². The third-order valence-corrected chi connectivity index (χ3v) is 3.79. The predicted molar refractivity (Wildman–Crippen MR) is 74.2 cm³/mol. The first kappa shape index (κ1) is 13.3. The van der Waals surface area contributed by atoms with Crippen LogP contribution in [0.15, 0.2) is 29.1 Å². The fourth-order valence-electron chi connectivity index (χ4n) is 2.33. The van der Waals surface area contributed by atoms with E-state index in [0.717, 1.165) is 4.47 Å². The van der Waals surface area contributed by atoms with Crippen LogP contribution >= 0.6 is 15.9 Å². The molecule has 1 N–H and O–H groups in total. The number of aromatic nitrogens is 4. The van der Waals surface area contributed by atoms with Crippen molar-refractivity contribution in [1.82, 2.24) is 24.9 Å². The predicted octanol–water partition coefficient (Wildman–Crippen LogP) is 0.749. The molecule has 8 heteroatoms. The Labute approximate surface area is 124 Å². The Hall–Kier alpha value is -1.67. The Kier molecular flexibility index (Phi) is 3.58. The molecule has 2 atom stereocenters. The van der Waals surface area contributed by atoms with Crippen LogP contribution < -0.4 is 5.32 Å². The molecule has 20 heavy (non-hydrogen) atoms. The summed E-state index contributed by atoms with van der Waals surface area (Å²) in [6.07, 6.45) is 5.23. The van der Waals surface area contributed by atoms with Gasteiger partial charge in [0.25, 0.3) is 5.91 Å². The molecule has 3 rings (SSSR count). The highest BCUT2D eigenvalue weighted by molar-refractivity contribution is 9.10. The van der Waals surface area contributed by atoms with E-state index >= 15 is 0 Å². The Morgan fingerprint density at radius 3 is 3.05 bits per heavy atom. The van der Waals surface area contributed by atoms with Crippen LogP contribution in [0.25, 0.3) is 0 Å². The van der Waals surface area contributed by atoms with E-state index < -0.39 is 0 Å². The number of nitrogens with zero attached hydrogens (tertiary/aromatic N) is 4. The number of nitrogens with one attached hydrogen (secondary N) is 1. The lowest BCUT2D eigenvalue weighted by atomic mass is 10.1. The average Bonchev–Trinajstić information content (AvgIpc) is 3.09. The van der Waals surface area contributed by atoms with Gasteiger partial charge in [0.15, 0.2) is 0 Å². The molecule has 0 saturated carbocycles. The molecule has 1 aliphatic rings. The third kappa shape index (κ3) is 2.48. The van der Waals surface area contributed by atoms with E-state index in [1.807, 2.05) is 13.2 Å². The van der Waals surface area contributed by atoms with E-state index in [-0.39, 0.29) is 18.0 Å². The van der Waals surface area contributed by atoms with Crippen LogP contribution in [0.5, 0.6) is 0 Å². The molecule has 0 aliphatic carbocycles. The van der Waals surface area contributed by atoms with E-state index in [1.54, 1.807) is 27.7 Å². The fraction of sp³-hybridized carbons (Fsp3) is 0.417. The number of hydrogen-bond donors (Lipinski definition) is 1. The highest BCUT2D eigenvalue weighted by Gasteiger charge is 2.32. The van der Waals surface area contributed by atoms with Crippen LogP contribution in [0.4, 0.5) is 0 Å². The lowest BCUT2D eigenvalue weighted by molar-refractivity contribution is 0.0916. The minimum atomic E-state index is -0.126. The number of ether oxygens (including phenoxy) is 1. The highest BCUT2D eigenvalue weighted by Crippen LogP contribution is 2.19. The first-order valence-corrected chi connectivity index (χ1v) is 7.00. The Morgan fingerprint density at radius 2 is 2.40 bits per heavy atom. The van der Waals surface area contributed by atoms with Crippen molar-refractivity contribution in [3.05, 3.63) is 34.8 Å². The molecule has 2 aromatic heterocycles. The summed E-state index contributed by atoms with van der Waals surface area (Å²) in [7, 11) is 1.83. The first-order chi connectivity index (χ1) is 9.65. The number of aryl methyl sites for hydroxylation is 1. The second-order valence-corrected chi connectivity index (χ2v) is 5.64. The van der Waals surface area contributed by atoms with Gasteiger partial charge in [0.2, 0.25) is 0 Å². The van der Waals surface area contributed by atoms with Crippen molar-refractivity contribution in [1.29, 1.82) is 0 Å². The molecule has 0 radical (unpaired) electrons. The second-order valence-electron chi connectivity index (χ2n) is 4.72. The van der Waals surface area contributed by atoms with E-state index in [4.69, 9.17) is 4.74 Å². The Morgan fingerprint density at radius 1 is 1.55 bits per heavy atom. The van der Waals surface area contributed by atoms with Gasteiger partial charge >= 0.3 is 0 Å². The summed E-state index contributed by atoms with van der Waals surface area (Å²) in [5, 5.41) is 10.8. The summed E-state index contributed by atoms with van der Waals surface area (Å²) in [5.74, 6) is -0.126. The highest BCUT2D eigenvalue weighted by atomic mass is 79.9. The first-order valence-electron chi connectivity index (χ1n) is 6.21. The summed E-state index contributed by atoms with van der Waals surface area (Å²) in [6.45, 7) is 0.993. The van der Waals surface area contributed by atoms with Crippen molar-refractivity contribution in [3.63, 3.8) is 0 Å². The smallest absolute Gasteiger partial charge is 0.268 e. The molecule has 7 nitrogen and oxygen atoms in total. The zero-order valence-corrected chi connectivity index (χ0v) is 12.4. The van der Waals surface area contributed by atoms with E-state index in [1.165, 1.54) is 0 Å². The molecule has 0 aromatic carbocycles. The normalized spacial score (nSPS) is 22.1. The minimum Gasteiger partial charge on any atom is -0.377 e. The third-order valence-electron chi connectivity index (χ3n) is 3.35. The number of halogens is 1. The van der Waals surface area contributed by atoms with Gasteiger partial charge in [-0.25, -0.2) is 4.68 Å². The molecule has 1 aliphatic heterocycles. The molecular formula is C12H14BrN5O2. The maximum Gasteiger partial charge on any atom is 0.268 e. The monoisotopic (exact) mass is 339 g/mol. The number of carbonyl (C=O) groups is 1. The topological polar surface area (TPSA) is 74.0 Å². The maximum absolute atomic E-state index is 12.3. The molecule has 1 saturated heterocycles. The van der Waals surface area contributed by atoms with Crippen LogP contribution in [0.1, 0.15) is 16.5 Å². The van der Waals surface area contributed by atoms with Crippen molar-refractivity contribution in [3.8, 4) is 0 Å². The number of rotatable bonds is 3. The largest absolute Gasteiger partial charge is 0.377 e. The molecular weight excluding hydrogens is 326 g/mol. The number of amides is 1.